The summed E-state index contributed by atoms with van der Waals surface area (Å²) in [6, 6.07) is -0.218. The molecule has 0 radical (unpaired) electrons. The van der Waals surface area contributed by atoms with Gasteiger partial charge >= 0.3 is 5.97 Å². The SMILES string of the molecule is C=C1C[C@@H](N)[C@@H](C(=O)O)C1. The maximum absolute atomic E-state index is 10.4. The van der Waals surface area contributed by atoms with Gasteiger partial charge in [-0.3, -0.25) is 4.79 Å². The lowest BCUT2D eigenvalue weighted by Gasteiger charge is -2.07. The van der Waals surface area contributed by atoms with Crippen molar-refractivity contribution in [2.45, 2.75) is 18.9 Å². The molecule has 0 heterocycles. The number of nitrogens with two attached hydrogens (primary N) is 1. The van der Waals surface area contributed by atoms with Crippen LogP contribution in [0.25, 0.3) is 0 Å². The number of rotatable bonds is 1. The zero-order valence-electron chi connectivity index (χ0n) is 5.71. The molecule has 0 spiro atoms. The Balaban J connectivity index is 2.63. The van der Waals surface area contributed by atoms with Crippen LogP contribution in [0.4, 0.5) is 0 Å². The van der Waals surface area contributed by atoms with Crippen molar-refractivity contribution in [1.29, 1.82) is 0 Å². The summed E-state index contributed by atoms with van der Waals surface area (Å²) in [6.07, 6.45) is 1.22. The first kappa shape index (κ1) is 7.28. The second-order valence-corrected chi connectivity index (χ2v) is 2.77. The number of carboxylic acids is 1. The van der Waals surface area contributed by atoms with Crippen LogP contribution in [0.3, 0.4) is 0 Å². The Labute approximate surface area is 59.5 Å². The van der Waals surface area contributed by atoms with Crippen molar-refractivity contribution in [1.82, 2.24) is 0 Å². The third-order valence-corrected chi connectivity index (χ3v) is 1.87. The largest absolute Gasteiger partial charge is 0.481 e. The molecule has 0 aliphatic heterocycles. The van der Waals surface area contributed by atoms with Crippen molar-refractivity contribution < 1.29 is 9.90 Å². The van der Waals surface area contributed by atoms with Gasteiger partial charge in [0.15, 0.2) is 0 Å². The van der Waals surface area contributed by atoms with E-state index in [1.807, 2.05) is 0 Å². The third-order valence-electron chi connectivity index (χ3n) is 1.87. The van der Waals surface area contributed by atoms with E-state index in [0.717, 1.165) is 5.57 Å². The summed E-state index contributed by atoms with van der Waals surface area (Å²) in [6.45, 7) is 3.69. The summed E-state index contributed by atoms with van der Waals surface area (Å²) < 4.78 is 0. The van der Waals surface area contributed by atoms with Crippen LogP contribution in [0.5, 0.6) is 0 Å². The van der Waals surface area contributed by atoms with E-state index in [0.29, 0.717) is 12.8 Å². The van der Waals surface area contributed by atoms with Crippen LogP contribution in [-0.4, -0.2) is 17.1 Å². The van der Waals surface area contributed by atoms with Crippen molar-refractivity contribution in [2.24, 2.45) is 11.7 Å². The van der Waals surface area contributed by atoms with Gasteiger partial charge in [0.05, 0.1) is 5.92 Å². The molecular formula is C7H11NO2. The van der Waals surface area contributed by atoms with Crippen molar-refractivity contribution in [3.05, 3.63) is 12.2 Å². The molecular weight excluding hydrogens is 130 g/mol. The molecule has 2 atom stereocenters. The maximum atomic E-state index is 10.4. The van der Waals surface area contributed by atoms with Crippen molar-refractivity contribution in [2.75, 3.05) is 0 Å². The van der Waals surface area contributed by atoms with E-state index < -0.39 is 11.9 Å². The molecule has 0 saturated heterocycles. The van der Waals surface area contributed by atoms with E-state index in [1.165, 1.54) is 0 Å². The molecule has 0 aromatic carbocycles. The van der Waals surface area contributed by atoms with Crippen molar-refractivity contribution in [3.63, 3.8) is 0 Å². The van der Waals surface area contributed by atoms with Crippen LogP contribution >= 0.6 is 0 Å². The van der Waals surface area contributed by atoms with Gasteiger partial charge in [-0.25, -0.2) is 0 Å². The molecule has 1 aliphatic carbocycles. The van der Waals surface area contributed by atoms with Crippen LogP contribution in [-0.2, 0) is 4.79 Å². The molecule has 1 aliphatic rings. The fourth-order valence-corrected chi connectivity index (χ4v) is 1.29. The van der Waals surface area contributed by atoms with Gasteiger partial charge in [0, 0.05) is 6.04 Å². The van der Waals surface area contributed by atoms with Gasteiger partial charge in [-0.2, -0.15) is 0 Å². The molecule has 1 rings (SSSR count). The van der Waals surface area contributed by atoms with E-state index in [4.69, 9.17) is 10.8 Å². The lowest BCUT2D eigenvalue weighted by molar-refractivity contribution is -0.141. The minimum Gasteiger partial charge on any atom is -0.481 e. The van der Waals surface area contributed by atoms with E-state index in [9.17, 15) is 4.79 Å². The summed E-state index contributed by atoms with van der Waals surface area (Å²) in [5, 5.41) is 8.58. The smallest absolute Gasteiger partial charge is 0.308 e. The predicted octanol–water partition coefficient (Wildman–Crippen LogP) is 0.365. The lowest BCUT2D eigenvalue weighted by Crippen LogP contribution is -2.30. The Morgan fingerprint density at radius 3 is 2.50 bits per heavy atom. The van der Waals surface area contributed by atoms with Gasteiger partial charge in [0.25, 0.3) is 0 Å². The van der Waals surface area contributed by atoms with Gasteiger partial charge in [-0.15, -0.1) is 0 Å². The second kappa shape index (κ2) is 2.42. The Morgan fingerprint density at radius 2 is 2.30 bits per heavy atom. The first-order chi connectivity index (χ1) is 4.61. The lowest BCUT2D eigenvalue weighted by atomic mass is 10.1. The second-order valence-electron chi connectivity index (χ2n) is 2.77. The summed E-state index contributed by atoms with van der Waals surface area (Å²) in [4.78, 5) is 10.4. The molecule has 0 bridgehead atoms. The topological polar surface area (TPSA) is 63.3 Å². The Kier molecular flexibility index (Phi) is 1.76. The van der Waals surface area contributed by atoms with Crippen LogP contribution in [0.15, 0.2) is 12.2 Å². The first-order valence-corrected chi connectivity index (χ1v) is 3.26. The quantitative estimate of drug-likeness (QED) is 0.518. The van der Waals surface area contributed by atoms with Gasteiger partial charge in [0.1, 0.15) is 0 Å². The molecule has 0 aromatic heterocycles. The van der Waals surface area contributed by atoms with Gasteiger partial charge in [-0.05, 0) is 12.8 Å². The molecule has 0 amide bonds. The highest BCUT2D eigenvalue weighted by Gasteiger charge is 2.31. The van der Waals surface area contributed by atoms with Crippen LogP contribution in [0.1, 0.15) is 12.8 Å². The number of carboxylic acid groups (broad SMARTS) is 1. The summed E-state index contributed by atoms with van der Waals surface area (Å²) in [5.41, 5.74) is 6.49. The van der Waals surface area contributed by atoms with E-state index >= 15 is 0 Å². The zero-order valence-corrected chi connectivity index (χ0v) is 5.71. The van der Waals surface area contributed by atoms with E-state index in [-0.39, 0.29) is 6.04 Å². The highest BCUT2D eigenvalue weighted by molar-refractivity contribution is 5.72. The van der Waals surface area contributed by atoms with Crippen LogP contribution < -0.4 is 5.73 Å². The Hall–Kier alpha value is -0.830. The Bertz CT molecular complexity index is 176. The highest BCUT2D eigenvalue weighted by atomic mass is 16.4. The standard InChI is InChI=1S/C7H11NO2/c1-4-2-5(7(9)10)6(8)3-4/h5-6H,1-3,8H2,(H,9,10)/t5-,6+/m0/s1. The van der Waals surface area contributed by atoms with Crippen molar-refractivity contribution in [3.8, 4) is 0 Å². The molecule has 56 valence electrons. The summed E-state index contributed by atoms with van der Waals surface area (Å²) in [5.74, 6) is -1.20. The number of carbonyl (C=O) groups is 1. The molecule has 0 aromatic rings. The average molecular weight is 141 g/mol. The van der Waals surface area contributed by atoms with E-state index in [2.05, 4.69) is 6.58 Å². The number of aliphatic carboxylic acids is 1. The molecule has 0 unspecified atom stereocenters. The molecule has 1 saturated carbocycles. The predicted molar refractivity (Wildman–Crippen MR) is 37.5 cm³/mol. The van der Waals surface area contributed by atoms with Crippen LogP contribution in [0, 0.1) is 5.92 Å². The van der Waals surface area contributed by atoms with Gasteiger partial charge in [-0.1, -0.05) is 12.2 Å². The molecule has 3 heteroatoms. The fourth-order valence-electron chi connectivity index (χ4n) is 1.29. The van der Waals surface area contributed by atoms with Gasteiger partial charge in [0.2, 0.25) is 0 Å². The normalized spacial score (nSPS) is 32.7. The number of hydrogen-bond acceptors (Lipinski definition) is 2. The monoisotopic (exact) mass is 141 g/mol. The van der Waals surface area contributed by atoms with Crippen molar-refractivity contribution >= 4 is 5.97 Å². The molecule has 3 nitrogen and oxygen atoms in total. The number of hydrogen-bond donors (Lipinski definition) is 2. The van der Waals surface area contributed by atoms with E-state index in [1.54, 1.807) is 0 Å². The minimum atomic E-state index is -0.800. The third kappa shape index (κ3) is 1.19. The van der Waals surface area contributed by atoms with Gasteiger partial charge < -0.3 is 10.8 Å². The summed E-state index contributed by atoms with van der Waals surface area (Å²) >= 11 is 0. The summed E-state index contributed by atoms with van der Waals surface area (Å²) in [7, 11) is 0. The molecule has 1 fully saturated rings. The minimum absolute atomic E-state index is 0.218. The fraction of sp³-hybridized carbons (Fsp3) is 0.571. The van der Waals surface area contributed by atoms with Crippen LogP contribution in [0.2, 0.25) is 0 Å². The first-order valence-electron chi connectivity index (χ1n) is 3.26. The zero-order chi connectivity index (χ0) is 7.72. The Morgan fingerprint density at radius 1 is 1.70 bits per heavy atom. The molecule has 10 heavy (non-hydrogen) atoms. The molecule has 3 N–H and O–H groups in total. The average Bonchev–Trinajstić information content (AvgIpc) is 2.10. The highest BCUT2D eigenvalue weighted by Crippen LogP contribution is 2.27. The maximum Gasteiger partial charge on any atom is 0.308 e.